The van der Waals surface area contributed by atoms with Gasteiger partial charge in [-0.2, -0.15) is 0 Å². The number of carbonyl (C=O) groups excluding carboxylic acids is 2. The van der Waals surface area contributed by atoms with Crippen molar-refractivity contribution in [3.8, 4) is 0 Å². The van der Waals surface area contributed by atoms with Gasteiger partial charge < -0.3 is 19.3 Å². The first-order chi connectivity index (χ1) is 8.65. The largest absolute Gasteiger partial charge is 0.463 e. The van der Waals surface area contributed by atoms with Crippen molar-refractivity contribution >= 4 is 11.9 Å². The highest BCUT2D eigenvalue weighted by atomic mass is 16.6. The Hall–Kier alpha value is -1.14. The standard InChI is InChI=1S/C12H16O6/c1-16-2-3-17-11(14)7-5-4-6-8(7)12(15)18-10(6)9(5)13/h5-10,13H,2-4H2,1H3. The molecule has 18 heavy (non-hydrogen) atoms. The van der Waals surface area contributed by atoms with Gasteiger partial charge in [0.1, 0.15) is 12.7 Å². The molecule has 3 rings (SSSR count). The Morgan fingerprint density at radius 1 is 1.44 bits per heavy atom. The van der Waals surface area contributed by atoms with Gasteiger partial charge in [-0.05, 0) is 6.42 Å². The fourth-order valence-corrected chi connectivity index (χ4v) is 3.66. The second-order valence-corrected chi connectivity index (χ2v) is 5.17. The lowest BCUT2D eigenvalue weighted by Gasteiger charge is -2.26. The summed E-state index contributed by atoms with van der Waals surface area (Å²) in [5.74, 6) is -1.96. The van der Waals surface area contributed by atoms with E-state index < -0.39 is 30.0 Å². The van der Waals surface area contributed by atoms with Crippen LogP contribution in [-0.2, 0) is 23.8 Å². The molecule has 0 aromatic rings. The molecular weight excluding hydrogens is 240 g/mol. The van der Waals surface area contributed by atoms with Crippen LogP contribution in [0.5, 0.6) is 0 Å². The van der Waals surface area contributed by atoms with E-state index in [-0.39, 0.29) is 24.4 Å². The van der Waals surface area contributed by atoms with Gasteiger partial charge in [0.25, 0.3) is 0 Å². The number of aliphatic hydroxyl groups is 1. The monoisotopic (exact) mass is 256 g/mol. The van der Waals surface area contributed by atoms with Crippen LogP contribution in [0.25, 0.3) is 0 Å². The second kappa shape index (κ2) is 4.20. The predicted octanol–water partition coefficient (Wildman–Crippen LogP) is -0.656. The number of methoxy groups -OCH3 is 1. The Kier molecular flexibility index (Phi) is 2.79. The van der Waals surface area contributed by atoms with Gasteiger partial charge in [-0.1, -0.05) is 0 Å². The van der Waals surface area contributed by atoms with Crippen LogP contribution in [0.4, 0.5) is 0 Å². The van der Waals surface area contributed by atoms with Crippen LogP contribution >= 0.6 is 0 Å². The third-order valence-electron chi connectivity index (χ3n) is 4.38. The zero-order valence-electron chi connectivity index (χ0n) is 10.1. The van der Waals surface area contributed by atoms with Gasteiger partial charge in [0.15, 0.2) is 0 Å². The highest BCUT2D eigenvalue weighted by molar-refractivity contribution is 5.86. The van der Waals surface area contributed by atoms with E-state index in [0.717, 1.165) is 0 Å². The maximum Gasteiger partial charge on any atom is 0.310 e. The zero-order chi connectivity index (χ0) is 12.9. The fourth-order valence-electron chi connectivity index (χ4n) is 3.66. The summed E-state index contributed by atoms with van der Waals surface area (Å²) < 4.78 is 15.0. The van der Waals surface area contributed by atoms with Crippen LogP contribution in [-0.4, -0.2) is 49.6 Å². The van der Waals surface area contributed by atoms with E-state index in [1.165, 1.54) is 7.11 Å². The van der Waals surface area contributed by atoms with E-state index in [9.17, 15) is 14.7 Å². The van der Waals surface area contributed by atoms with Crippen LogP contribution in [0.1, 0.15) is 6.42 Å². The molecule has 6 unspecified atom stereocenters. The van der Waals surface area contributed by atoms with Crippen LogP contribution in [0, 0.1) is 23.7 Å². The lowest BCUT2D eigenvalue weighted by atomic mass is 9.78. The SMILES string of the molecule is COCCOC(=O)C1C2CC3C(OC(=O)C31)C2O. The lowest BCUT2D eigenvalue weighted by molar-refractivity contribution is -0.157. The summed E-state index contributed by atoms with van der Waals surface area (Å²) >= 11 is 0. The van der Waals surface area contributed by atoms with E-state index in [1.54, 1.807) is 0 Å². The van der Waals surface area contributed by atoms with E-state index >= 15 is 0 Å². The molecule has 1 heterocycles. The number of fused-ring (bicyclic) bond motifs is 1. The quantitative estimate of drug-likeness (QED) is 0.531. The first kappa shape index (κ1) is 11.9. The normalized spacial score (nSPS) is 44.2. The van der Waals surface area contributed by atoms with Gasteiger partial charge in [0.05, 0.1) is 24.5 Å². The zero-order valence-corrected chi connectivity index (χ0v) is 10.1. The summed E-state index contributed by atoms with van der Waals surface area (Å²) in [5, 5.41) is 10.0. The van der Waals surface area contributed by atoms with Gasteiger partial charge in [0, 0.05) is 18.9 Å². The molecule has 0 aromatic heterocycles. The van der Waals surface area contributed by atoms with Gasteiger partial charge in [-0.3, -0.25) is 9.59 Å². The maximum atomic E-state index is 12.0. The van der Waals surface area contributed by atoms with Crippen LogP contribution in [0.3, 0.4) is 0 Å². The molecule has 2 bridgehead atoms. The summed E-state index contributed by atoms with van der Waals surface area (Å²) in [6.45, 7) is 0.497. The Balaban J connectivity index is 1.73. The minimum atomic E-state index is -0.724. The Labute approximate surface area is 104 Å². The van der Waals surface area contributed by atoms with Gasteiger partial charge in [0.2, 0.25) is 0 Å². The van der Waals surface area contributed by atoms with Crippen molar-refractivity contribution in [2.45, 2.75) is 18.6 Å². The lowest BCUT2D eigenvalue weighted by Crippen LogP contribution is -2.41. The smallest absolute Gasteiger partial charge is 0.310 e. The molecule has 0 aromatic carbocycles. The number of ether oxygens (including phenoxy) is 3. The van der Waals surface area contributed by atoms with Gasteiger partial charge in [-0.25, -0.2) is 0 Å². The number of esters is 2. The summed E-state index contributed by atoms with van der Waals surface area (Å²) in [6.07, 6.45) is -0.458. The van der Waals surface area contributed by atoms with Gasteiger partial charge >= 0.3 is 11.9 Å². The van der Waals surface area contributed by atoms with E-state index in [0.29, 0.717) is 13.0 Å². The number of hydrogen-bond acceptors (Lipinski definition) is 6. The molecule has 0 amide bonds. The molecule has 3 fully saturated rings. The molecule has 1 N–H and O–H groups in total. The fraction of sp³-hybridized carbons (Fsp3) is 0.833. The molecule has 2 aliphatic carbocycles. The molecule has 1 saturated heterocycles. The molecule has 2 saturated carbocycles. The Morgan fingerprint density at radius 3 is 2.94 bits per heavy atom. The summed E-state index contributed by atoms with van der Waals surface area (Å²) in [4.78, 5) is 23.7. The van der Waals surface area contributed by atoms with Crippen molar-refractivity contribution in [2.24, 2.45) is 23.7 Å². The van der Waals surface area contributed by atoms with Crippen molar-refractivity contribution in [3.05, 3.63) is 0 Å². The van der Waals surface area contributed by atoms with E-state index in [4.69, 9.17) is 14.2 Å². The highest BCUT2D eigenvalue weighted by Gasteiger charge is 2.68. The Bertz CT molecular complexity index is 381. The van der Waals surface area contributed by atoms with Crippen molar-refractivity contribution in [1.29, 1.82) is 0 Å². The molecule has 3 aliphatic rings. The average molecular weight is 256 g/mol. The first-order valence-electron chi connectivity index (χ1n) is 6.19. The van der Waals surface area contributed by atoms with Gasteiger partial charge in [-0.15, -0.1) is 0 Å². The van der Waals surface area contributed by atoms with Crippen LogP contribution < -0.4 is 0 Å². The number of hydrogen-bond donors (Lipinski definition) is 1. The molecule has 0 radical (unpaired) electrons. The third-order valence-corrected chi connectivity index (χ3v) is 4.38. The summed E-state index contributed by atoms with van der Waals surface area (Å²) in [7, 11) is 1.52. The van der Waals surface area contributed by atoms with Crippen LogP contribution in [0.2, 0.25) is 0 Å². The minimum absolute atomic E-state index is 0.0162. The minimum Gasteiger partial charge on any atom is -0.463 e. The molecule has 0 spiro atoms. The molecule has 6 nitrogen and oxygen atoms in total. The molecule has 100 valence electrons. The van der Waals surface area contributed by atoms with E-state index in [1.807, 2.05) is 0 Å². The predicted molar refractivity (Wildman–Crippen MR) is 57.3 cm³/mol. The van der Waals surface area contributed by atoms with Crippen molar-refractivity contribution in [1.82, 2.24) is 0 Å². The summed E-state index contributed by atoms with van der Waals surface area (Å²) in [6, 6.07) is 0. The molecule has 6 heteroatoms. The van der Waals surface area contributed by atoms with Crippen molar-refractivity contribution in [3.63, 3.8) is 0 Å². The number of aliphatic hydroxyl groups excluding tert-OH is 1. The van der Waals surface area contributed by atoms with Crippen molar-refractivity contribution < 1.29 is 28.9 Å². The number of carbonyl (C=O) groups is 2. The Morgan fingerprint density at radius 2 is 2.22 bits per heavy atom. The summed E-state index contributed by atoms with van der Waals surface area (Å²) in [5.41, 5.74) is 0. The second-order valence-electron chi connectivity index (χ2n) is 5.17. The third kappa shape index (κ3) is 1.48. The maximum absolute atomic E-state index is 12.0. The average Bonchev–Trinajstić information content (AvgIpc) is 2.93. The molecular formula is C12H16O6. The first-order valence-corrected chi connectivity index (χ1v) is 6.19. The number of rotatable bonds is 4. The van der Waals surface area contributed by atoms with Crippen LogP contribution in [0.15, 0.2) is 0 Å². The molecule has 1 aliphatic heterocycles. The van der Waals surface area contributed by atoms with Crippen molar-refractivity contribution in [2.75, 3.05) is 20.3 Å². The highest BCUT2D eigenvalue weighted by Crippen LogP contribution is 2.57. The topological polar surface area (TPSA) is 82.1 Å². The molecule has 6 atom stereocenters. The van der Waals surface area contributed by atoms with E-state index in [2.05, 4.69) is 0 Å².